The molecule has 1 aromatic heterocycles. The van der Waals surface area contributed by atoms with Crippen molar-refractivity contribution in [3.05, 3.63) is 39.9 Å². The highest BCUT2D eigenvalue weighted by Gasteiger charge is 2.18. The monoisotopic (exact) mass is 288 g/mol. The van der Waals surface area contributed by atoms with Crippen molar-refractivity contribution in [3.8, 4) is 0 Å². The molecule has 3 rings (SSSR count). The molecule has 0 radical (unpaired) electrons. The van der Waals surface area contributed by atoms with Crippen molar-refractivity contribution >= 4 is 29.0 Å². The van der Waals surface area contributed by atoms with Gasteiger partial charge in [0, 0.05) is 17.8 Å². The van der Waals surface area contributed by atoms with Gasteiger partial charge in [-0.2, -0.15) is 0 Å². The largest absolute Gasteiger partial charge is 0.352 e. The summed E-state index contributed by atoms with van der Waals surface area (Å²) in [5, 5.41) is 9.36. The SMILES string of the molecule is Cc1nnsc1C(=O)Nc1ccc2c(c1)C(=O)NCC2. The van der Waals surface area contributed by atoms with Crippen LogP contribution in [0.25, 0.3) is 0 Å². The number of hydrogen-bond acceptors (Lipinski definition) is 5. The lowest BCUT2D eigenvalue weighted by atomic mass is 10.00. The van der Waals surface area contributed by atoms with Crippen LogP contribution in [-0.2, 0) is 6.42 Å². The van der Waals surface area contributed by atoms with Gasteiger partial charge in [0.25, 0.3) is 11.8 Å². The fourth-order valence-electron chi connectivity index (χ4n) is 2.12. The summed E-state index contributed by atoms with van der Waals surface area (Å²) in [6.07, 6.45) is 0.813. The molecule has 0 fully saturated rings. The molecule has 0 saturated heterocycles. The molecule has 0 unspecified atom stereocenters. The number of carbonyl (C=O) groups excluding carboxylic acids is 2. The lowest BCUT2D eigenvalue weighted by Gasteiger charge is -2.17. The number of benzene rings is 1. The van der Waals surface area contributed by atoms with Crippen molar-refractivity contribution in [1.82, 2.24) is 14.9 Å². The van der Waals surface area contributed by atoms with E-state index < -0.39 is 0 Å². The maximum atomic E-state index is 12.1. The molecule has 0 atom stereocenters. The van der Waals surface area contributed by atoms with Gasteiger partial charge in [-0.25, -0.2) is 0 Å². The maximum Gasteiger partial charge on any atom is 0.269 e. The Morgan fingerprint density at radius 1 is 1.45 bits per heavy atom. The third kappa shape index (κ3) is 2.27. The highest BCUT2D eigenvalue weighted by molar-refractivity contribution is 7.08. The Morgan fingerprint density at radius 3 is 3.05 bits per heavy atom. The van der Waals surface area contributed by atoms with E-state index in [0.717, 1.165) is 23.5 Å². The van der Waals surface area contributed by atoms with Crippen molar-refractivity contribution in [2.24, 2.45) is 0 Å². The normalized spacial score (nSPS) is 13.6. The molecule has 2 aromatic rings. The number of aromatic nitrogens is 2. The van der Waals surface area contributed by atoms with Crippen LogP contribution in [0, 0.1) is 6.92 Å². The van der Waals surface area contributed by atoms with Crippen molar-refractivity contribution < 1.29 is 9.59 Å². The lowest BCUT2D eigenvalue weighted by Crippen LogP contribution is -2.31. The van der Waals surface area contributed by atoms with Crippen LogP contribution >= 0.6 is 11.5 Å². The van der Waals surface area contributed by atoms with E-state index in [9.17, 15) is 9.59 Å². The number of rotatable bonds is 2. The number of nitrogens with zero attached hydrogens (tertiary/aromatic N) is 2. The van der Waals surface area contributed by atoms with Gasteiger partial charge in [-0.1, -0.05) is 10.6 Å². The van der Waals surface area contributed by atoms with E-state index in [4.69, 9.17) is 0 Å². The zero-order valence-corrected chi connectivity index (χ0v) is 11.6. The van der Waals surface area contributed by atoms with Crippen molar-refractivity contribution in [3.63, 3.8) is 0 Å². The minimum atomic E-state index is -0.256. The average Bonchev–Trinajstić information content (AvgIpc) is 2.86. The Labute approximate surface area is 119 Å². The van der Waals surface area contributed by atoms with Gasteiger partial charge in [-0.3, -0.25) is 9.59 Å². The molecule has 7 heteroatoms. The van der Waals surface area contributed by atoms with Crippen LogP contribution < -0.4 is 10.6 Å². The molecule has 20 heavy (non-hydrogen) atoms. The quantitative estimate of drug-likeness (QED) is 0.874. The standard InChI is InChI=1S/C13H12N4O2S/c1-7-11(20-17-16-7)13(19)15-9-3-2-8-4-5-14-12(18)10(8)6-9/h2-3,6H,4-5H2,1H3,(H,14,18)(H,15,19). The second-order valence-corrected chi connectivity index (χ2v) is 5.27. The Hall–Kier alpha value is -2.28. The second-order valence-electron chi connectivity index (χ2n) is 4.52. The van der Waals surface area contributed by atoms with Gasteiger partial charge >= 0.3 is 0 Å². The summed E-state index contributed by atoms with van der Waals surface area (Å²) in [7, 11) is 0. The molecule has 2 amide bonds. The minimum Gasteiger partial charge on any atom is -0.352 e. The van der Waals surface area contributed by atoms with E-state index >= 15 is 0 Å². The lowest BCUT2D eigenvalue weighted by molar-refractivity contribution is 0.0944. The van der Waals surface area contributed by atoms with Gasteiger partial charge in [0.05, 0.1) is 5.69 Å². The number of aryl methyl sites for hydroxylation is 1. The Bertz CT molecular complexity index is 695. The molecular formula is C13H12N4O2S. The van der Waals surface area contributed by atoms with Crippen LogP contribution in [0.3, 0.4) is 0 Å². The summed E-state index contributed by atoms with van der Waals surface area (Å²) >= 11 is 1.05. The maximum absolute atomic E-state index is 12.1. The Balaban J connectivity index is 1.85. The third-order valence-electron chi connectivity index (χ3n) is 3.15. The van der Waals surface area contributed by atoms with E-state index in [1.165, 1.54) is 0 Å². The van der Waals surface area contributed by atoms with Crippen LogP contribution in [0.4, 0.5) is 5.69 Å². The molecule has 0 spiro atoms. The number of anilines is 1. The van der Waals surface area contributed by atoms with E-state index in [-0.39, 0.29) is 11.8 Å². The topological polar surface area (TPSA) is 84.0 Å². The fraction of sp³-hybridized carbons (Fsp3) is 0.231. The highest BCUT2D eigenvalue weighted by Crippen LogP contribution is 2.20. The molecule has 0 bridgehead atoms. The van der Waals surface area contributed by atoms with Crippen molar-refractivity contribution in [2.45, 2.75) is 13.3 Å². The predicted molar refractivity (Wildman–Crippen MR) is 75.1 cm³/mol. The van der Waals surface area contributed by atoms with Gasteiger partial charge in [0.2, 0.25) is 0 Å². The van der Waals surface area contributed by atoms with Gasteiger partial charge < -0.3 is 10.6 Å². The summed E-state index contributed by atoms with van der Waals surface area (Å²) < 4.78 is 3.73. The molecule has 6 nitrogen and oxygen atoms in total. The minimum absolute atomic E-state index is 0.0991. The van der Waals surface area contributed by atoms with E-state index in [0.29, 0.717) is 28.4 Å². The van der Waals surface area contributed by atoms with Crippen molar-refractivity contribution in [1.29, 1.82) is 0 Å². The van der Waals surface area contributed by atoms with Crippen LogP contribution in [0.15, 0.2) is 18.2 Å². The average molecular weight is 288 g/mol. The number of carbonyl (C=O) groups is 2. The molecule has 1 aromatic carbocycles. The molecule has 102 valence electrons. The van der Waals surface area contributed by atoms with Crippen LogP contribution in [0.5, 0.6) is 0 Å². The van der Waals surface area contributed by atoms with Crippen LogP contribution in [0.2, 0.25) is 0 Å². The number of amides is 2. The molecule has 1 aliphatic rings. The summed E-state index contributed by atoms with van der Waals surface area (Å²) in [6, 6.07) is 5.38. The zero-order valence-electron chi connectivity index (χ0n) is 10.8. The van der Waals surface area contributed by atoms with Crippen LogP contribution in [-0.4, -0.2) is 27.9 Å². The molecular weight excluding hydrogens is 276 g/mol. The van der Waals surface area contributed by atoms with E-state index in [1.807, 2.05) is 6.07 Å². The molecule has 1 aliphatic heterocycles. The Morgan fingerprint density at radius 2 is 2.30 bits per heavy atom. The van der Waals surface area contributed by atoms with E-state index in [2.05, 4.69) is 20.2 Å². The number of fused-ring (bicyclic) bond motifs is 1. The summed E-state index contributed by atoms with van der Waals surface area (Å²) in [5.41, 5.74) is 2.82. The summed E-state index contributed by atoms with van der Waals surface area (Å²) in [4.78, 5) is 24.3. The van der Waals surface area contributed by atoms with Crippen molar-refractivity contribution in [2.75, 3.05) is 11.9 Å². The summed E-state index contributed by atoms with van der Waals surface area (Å²) in [6.45, 7) is 2.39. The van der Waals surface area contributed by atoms with Gasteiger partial charge in [0.1, 0.15) is 4.88 Å². The van der Waals surface area contributed by atoms with E-state index in [1.54, 1.807) is 19.1 Å². The predicted octanol–water partition coefficient (Wildman–Crippen LogP) is 1.38. The first kappa shape index (κ1) is 12.7. The Kier molecular flexibility index (Phi) is 3.19. The zero-order chi connectivity index (χ0) is 14.1. The number of nitrogens with one attached hydrogen (secondary N) is 2. The molecule has 2 N–H and O–H groups in total. The fourth-order valence-corrected chi connectivity index (χ4v) is 2.67. The molecule has 0 aliphatic carbocycles. The number of hydrogen-bond donors (Lipinski definition) is 2. The molecule has 0 saturated carbocycles. The van der Waals surface area contributed by atoms with Crippen LogP contribution in [0.1, 0.15) is 31.3 Å². The third-order valence-corrected chi connectivity index (χ3v) is 3.98. The first-order valence-corrected chi connectivity index (χ1v) is 6.94. The van der Waals surface area contributed by atoms with Gasteiger partial charge in [0.15, 0.2) is 0 Å². The molecule has 2 heterocycles. The second kappa shape index (κ2) is 5.01. The smallest absolute Gasteiger partial charge is 0.269 e. The highest BCUT2D eigenvalue weighted by atomic mass is 32.1. The van der Waals surface area contributed by atoms with Gasteiger partial charge in [-0.15, -0.1) is 5.10 Å². The first-order chi connectivity index (χ1) is 9.65. The van der Waals surface area contributed by atoms with Gasteiger partial charge in [-0.05, 0) is 42.6 Å². The first-order valence-electron chi connectivity index (χ1n) is 6.16. The summed E-state index contributed by atoms with van der Waals surface area (Å²) in [5.74, 6) is -0.355.